The molecule has 0 spiro atoms. The molecule has 0 bridgehead atoms. The summed E-state index contributed by atoms with van der Waals surface area (Å²) in [5.74, 6) is 0.653. The molecule has 1 unspecified atom stereocenters. The largest absolute Gasteiger partial charge is 0.348 e. The molecule has 1 atom stereocenters. The molecule has 90 valence electrons. The first kappa shape index (κ1) is 11.1. The summed E-state index contributed by atoms with van der Waals surface area (Å²) >= 11 is 6.09. The average Bonchev–Trinajstić information content (AvgIpc) is 2.90. The quantitative estimate of drug-likeness (QED) is 0.820. The highest BCUT2D eigenvalue weighted by Gasteiger charge is 2.23. The number of hydrogen-bond acceptors (Lipinski definition) is 1. The Morgan fingerprint density at radius 2 is 2.24 bits per heavy atom. The van der Waals surface area contributed by atoms with Gasteiger partial charge < -0.3 is 9.88 Å². The first-order chi connectivity index (χ1) is 8.18. The summed E-state index contributed by atoms with van der Waals surface area (Å²) in [7, 11) is 2.12. The number of halogens is 1. The second kappa shape index (κ2) is 4.04. The van der Waals surface area contributed by atoms with Crippen molar-refractivity contribution in [1.29, 1.82) is 0 Å². The Labute approximate surface area is 107 Å². The maximum Gasteiger partial charge on any atom is 0.0497 e. The Bertz CT molecular complexity index is 565. The number of aryl methyl sites for hydroxylation is 1. The molecule has 0 aliphatic carbocycles. The van der Waals surface area contributed by atoms with E-state index in [4.69, 9.17) is 11.6 Å². The van der Waals surface area contributed by atoms with Gasteiger partial charge in [-0.25, -0.2) is 0 Å². The van der Waals surface area contributed by atoms with Gasteiger partial charge in [0.1, 0.15) is 0 Å². The van der Waals surface area contributed by atoms with Gasteiger partial charge in [0.15, 0.2) is 0 Å². The van der Waals surface area contributed by atoms with Crippen LogP contribution in [0.15, 0.2) is 18.2 Å². The molecule has 0 amide bonds. The van der Waals surface area contributed by atoms with Crippen molar-refractivity contribution in [3.63, 3.8) is 0 Å². The van der Waals surface area contributed by atoms with Gasteiger partial charge in [-0.2, -0.15) is 0 Å². The second-order valence-electron chi connectivity index (χ2n) is 4.91. The van der Waals surface area contributed by atoms with Gasteiger partial charge in [-0.05, 0) is 43.5 Å². The monoisotopic (exact) mass is 248 g/mol. The maximum atomic E-state index is 6.09. The Kier molecular flexibility index (Phi) is 2.64. The molecule has 1 aromatic heterocycles. The van der Waals surface area contributed by atoms with Crippen LogP contribution in [0.1, 0.15) is 23.6 Å². The topological polar surface area (TPSA) is 17.0 Å². The van der Waals surface area contributed by atoms with Crippen molar-refractivity contribution in [3.8, 4) is 0 Å². The highest BCUT2D eigenvalue weighted by Crippen LogP contribution is 2.35. The molecule has 1 aliphatic heterocycles. The summed E-state index contributed by atoms with van der Waals surface area (Å²) in [6.07, 6.45) is 1.24. The number of rotatable bonds is 1. The summed E-state index contributed by atoms with van der Waals surface area (Å²) in [6, 6.07) is 6.23. The van der Waals surface area contributed by atoms with Crippen LogP contribution in [0.5, 0.6) is 0 Å². The van der Waals surface area contributed by atoms with Crippen LogP contribution < -0.4 is 5.32 Å². The molecule has 2 aromatic rings. The van der Waals surface area contributed by atoms with E-state index in [0.29, 0.717) is 5.92 Å². The van der Waals surface area contributed by atoms with Crippen LogP contribution in [-0.2, 0) is 7.05 Å². The summed E-state index contributed by atoms with van der Waals surface area (Å²) in [5, 5.41) is 5.63. The zero-order valence-electron chi connectivity index (χ0n) is 10.3. The van der Waals surface area contributed by atoms with Crippen molar-refractivity contribution in [2.45, 2.75) is 19.3 Å². The highest BCUT2D eigenvalue weighted by molar-refractivity contribution is 6.31. The maximum absolute atomic E-state index is 6.09. The Balaban J connectivity index is 2.26. The number of benzene rings is 1. The van der Waals surface area contributed by atoms with E-state index in [9.17, 15) is 0 Å². The van der Waals surface area contributed by atoms with E-state index >= 15 is 0 Å². The number of fused-ring (bicyclic) bond motifs is 1. The molecule has 2 nitrogen and oxygen atoms in total. The van der Waals surface area contributed by atoms with Crippen molar-refractivity contribution in [1.82, 2.24) is 9.88 Å². The standard InChI is InChI=1S/C14H17ClN2/c1-9-14(10-5-6-16-8-10)12-4-3-11(15)7-13(12)17(9)2/h3-4,7,10,16H,5-6,8H2,1-2H3. The van der Waals surface area contributed by atoms with Gasteiger partial charge in [0.05, 0.1) is 0 Å². The number of nitrogens with zero attached hydrogens (tertiary/aromatic N) is 1. The third-order valence-corrected chi connectivity index (χ3v) is 4.21. The minimum Gasteiger partial charge on any atom is -0.348 e. The van der Waals surface area contributed by atoms with Gasteiger partial charge in [0.25, 0.3) is 0 Å². The summed E-state index contributed by atoms with van der Waals surface area (Å²) < 4.78 is 2.26. The van der Waals surface area contributed by atoms with Gasteiger partial charge in [0, 0.05) is 35.2 Å². The molecule has 1 aromatic carbocycles. The van der Waals surface area contributed by atoms with Crippen LogP contribution in [0.2, 0.25) is 5.02 Å². The van der Waals surface area contributed by atoms with Gasteiger partial charge >= 0.3 is 0 Å². The molecule has 1 fully saturated rings. The molecule has 3 heteroatoms. The fraction of sp³-hybridized carbons (Fsp3) is 0.429. The minimum atomic E-state index is 0.653. The van der Waals surface area contributed by atoms with Gasteiger partial charge in [-0.15, -0.1) is 0 Å². The van der Waals surface area contributed by atoms with Crippen LogP contribution in [0.25, 0.3) is 10.9 Å². The average molecular weight is 249 g/mol. The fourth-order valence-corrected chi connectivity index (χ4v) is 3.15. The highest BCUT2D eigenvalue weighted by atomic mass is 35.5. The number of nitrogens with one attached hydrogen (secondary N) is 1. The predicted molar refractivity (Wildman–Crippen MR) is 72.9 cm³/mol. The summed E-state index contributed by atoms with van der Waals surface area (Å²) in [5.41, 5.74) is 4.12. The smallest absolute Gasteiger partial charge is 0.0497 e. The lowest BCUT2D eigenvalue weighted by Crippen LogP contribution is -2.08. The van der Waals surface area contributed by atoms with Gasteiger partial charge in [0.2, 0.25) is 0 Å². The zero-order chi connectivity index (χ0) is 12.0. The normalized spacial score (nSPS) is 20.3. The summed E-state index contributed by atoms with van der Waals surface area (Å²) in [6.45, 7) is 4.44. The Morgan fingerprint density at radius 1 is 1.41 bits per heavy atom. The molecule has 1 aliphatic rings. The van der Waals surface area contributed by atoms with E-state index in [1.54, 1.807) is 0 Å². The van der Waals surface area contributed by atoms with Crippen LogP contribution in [-0.4, -0.2) is 17.7 Å². The Morgan fingerprint density at radius 3 is 2.94 bits per heavy atom. The van der Waals surface area contributed by atoms with Crippen LogP contribution in [0, 0.1) is 6.92 Å². The van der Waals surface area contributed by atoms with Crippen LogP contribution >= 0.6 is 11.6 Å². The molecular formula is C14H17ClN2. The van der Waals surface area contributed by atoms with Crippen LogP contribution in [0.3, 0.4) is 0 Å². The SMILES string of the molecule is Cc1c(C2CCNC2)c2ccc(Cl)cc2n1C. The van der Waals surface area contributed by atoms with Crippen molar-refractivity contribution >= 4 is 22.5 Å². The van der Waals surface area contributed by atoms with E-state index in [0.717, 1.165) is 18.1 Å². The van der Waals surface area contributed by atoms with Crippen molar-refractivity contribution < 1.29 is 0 Å². The molecule has 0 saturated carbocycles. The molecule has 17 heavy (non-hydrogen) atoms. The number of hydrogen-bond donors (Lipinski definition) is 1. The van der Waals surface area contributed by atoms with Crippen molar-refractivity contribution in [2.24, 2.45) is 7.05 Å². The van der Waals surface area contributed by atoms with Crippen molar-refractivity contribution in [2.75, 3.05) is 13.1 Å². The lowest BCUT2D eigenvalue weighted by Gasteiger charge is -2.09. The molecule has 1 N–H and O–H groups in total. The van der Waals surface area contributed by atoms with Gasteiger partial charge in [-0.1, -0.05) is 17.7 Å². The summed E-state index contributed by atoms with van der Waals surface area (Å²) in [4.78, 5) is 0. The minimum absolute atomic E-state index is 0.653. The first-order valence-electron chi connectivity index (χ1n) is 6.13. The molecule has 2 heterocycles. The van der Waals surface area contributed by atoms with Crippen molar-refractivity contribution in [3.05, 3.63) is 34.5 Å². The molecule has 3 rings (SSSR count). The Hall–Kier alpha value is -0.990. The fourth-order valence-electron chi connectivity index (χ4n) is 2.98. The zero-order valence-corrected chi connectivity index (χ0v) is 11.0. The molecule has 0 radical (unpaired) electrons. The van der Waals surface area contributed by atoms with E-state index in [2.05, 4.69) is 36.0 Å². The van der Waals surface area contributed by atoms with E-state index < -0.39 is 0 Å². The van der Waals surface area contributed by atoms with E-state index in [-0.39, 0.29) is 0 Å². The number of aromatic nitrogens is 1. The van der Waals surface area contributed by atoms with E-state index in [1.165, 1.54) is 28.6 Å². The lowest BCUT2D eigenvalue weighted by molar-refractivity contribution is 0.751. The van der Waals surface area contributed by atoms with Gasteiger partial charge in [-0.3, -0.25) is 0 Å². The van der Waals surface area contributed by atoms with E-state index in [1.807, 2.05) is 6.07 Å². The second-order valence-corrected chi connectivity index (χ2v) is 5.35. The third kappa shape index (κ3) is 1.67. The molecule has 1 saturated heterocycles. The van der Waals surface area contributed by atoms with Crippen LogP contribution in [0.4, 0.5) is 0 Å². The first-order valence-corrected chi connectivity index (χ1v) is 6.51. The lowest BCUT2D eigenvalue weighted by atomic mass is 9.95. The predicted octanol–water partition coefficient (Wildman–Crippen LogP) is 3.22. The molecular weight excluding hydrogens is 232 g/mol. The third-order valence-electron chi connectivity index (χ3n) is 3.97.